The molecule has 1 atom stereocenters. The van der Waals surface area contributed by atoms with Gasteiger partial charge in [0.05, 0.1) is 0 Å². The van der Waals surface area contributed by atoms with Crippen molar-refractivity contribution in [3.63, 3.8) is 0 Å². The van der Waals surface area contributed by atoms with Crippen molar-refractivity contribution in [2.24, 2.45) is 0 Å². The maximum atomic E-state index is 2.49. The smallest absolute Gasteiger partial charge is 1.00 e. The third kappa shape index (κ3) is 4.45. The van der Waals surface area contributed by atoms with Crippen LogP contribution >= 0.6 is 0 Å². The summed E-state index contributed by atoms with van der Waals surface area (Å²) in [4.78, 5) is 0. The van der Waals surface area contributed by atoms with Crippen LogP contribution in [0.15, 0.2) is 113 Å². The first-order valence-electron chi connectivity index (χ1n) is 9.90. The van der Waals surface area contributed by atoms with Crippen LogP contribution in [0.2, 0.25) is 0 Å². The van der Waals surface area contributed by atoms with E-state index in [0.29, 0.717) is 3.63 Å². The van der Waals surface area contributed by atoms with Crippen molar-refractivity contribution in [1.82, 2.24) is 0 Å². The molecule has 0 amide bonds. The van der Waals surface area contributed by atoms with Crippen molar-refractivity contribution < 1.29 is 46.1 Å². The van der Waals surface area contributed by atoms with Gasteiger partial charge in [-0.05, 0) is 0 Å². The van der Waals surface area contributed by atoms with Crippen LogP contribution in [0.25, 0.3) is 6.08 Å². The Labute approximate surface area is 199 Å². The second kappa shape index (κ2) is 10.5. The number of fused-ring (bicyclic) bond motifs is 1. The first kappa shape index (κ1) is 22.9. The standard InChI is InChI=1S/C13H10.C9H7.C5H5.2ClH.Zr/c1-3-7-12(8-4-1)11-13-9-5-2-6-10-13;1-2-5-9-7-3-6-8(9)4-1;1-2-4-5-3-1;;;/h1-10H;1-7H;1-3H,4H2;2*1H;/q;;;;;+2/p-2. The van der Waals surface area contributed by atoms with Gasteiger partial charge >= 0.3 is 175 Å². The van der Waals surface area contributed by atoms with Gasteiger partial charge in [-0.25, -0.2) is 0 Å². The maximum Gasteiger partial charge on any atom is -1.00 e. The molecule has 0 radical (unpaired) electrons. The van der Waals surface area contributed by atoms with Gasteiger partial charge < -0.3 is 24.8 Å². The molecule has 0 spiro atoms. The minimum Gasteiger partial charge on any atom is -1.00 e. The molecule has 3 aromatic carbocycles. The summed E-state index contributed by atoms with van der Waals surface area (Å²) in [5, 5.41) is 0. The molecular formula is C27H22Cl2Zr. The van der Waals surface area contributed by atoms with E-state index < -0.39 is 21.3 Å². The minimum atomic E-state index is -2.28. The summed E-state index contributed by atoms with van der Waals surface area (Å²) in [6, 6.07) is 31.1. The van der Waals surface area contributed by atoms with E-state index in [0.717, 1.165) is 6.42 Å². The summed E-state index contributed by atoms with van der Waals surface area (Å²) < 4.78 is 3.86. The number of allylic oxidation sites excluding steroid dienone is 5. The van der Waals surface area contributed by atoms with Crippen molar-refractivity contribution in [3.8, 4) is 0 Å². The second-order valence-electron chi connectivity index (χ2n) is 7.31. The molecule has 0 heterocycles. The van der Waals surface area contributed by atoms with Gasteiger partial charge in [-0.1, -0.05) is 0 Å². The number of hydrogen-bond acceptors (Lipinski definition) is 0. The first-order chi connectivity index (χ1) is 13.9. The van der Waals surface area contributed by atoms with Gasteiger partial charge in [0.2, 0.25) is 0 Å². The third-order valence-corrected chi connectivity index (χ3v) is 13.7. The van der Waals surface area contributed by atoms with E-state index in [1.54, 1.807) is 6.49 Å². The van der Waals surface area contributed by atoms with Gasteiger partial charge in [0.1, 0.15) is 0 Å². The van der Waals surface area contributed by atoms with E-state index in [1.807, 2.05) is 0 Å². The van der Waals surface area contributed by atoms with Gasteiger partial charge in [-0.3, -0.25) is 0 Å². The molecule has 2 aliphatic rings. The topological polar surface area (TPSA) is 0 Å². The van der Waals surface area contributed by atoms with Crippen molar-refractivity contribution in [2.45, 2.75) is 10.0 Å². The molecule has 30 heavy (non-hydrogen) atoms. The SMILES string of the molecule is C1=CC[C]([Zr+2](=[C](c2ccccc2)c2ccccc2)[CH]2C=Cc3ccccc32)=C1.[Cl-].[Cl-]. The number of halogens is 2. The minimum absolute atomic E-state index is 0. The average molecular weight is 509 g/mol. The number of benzene rings is 3. The average Bonchev–Trinajstić information content (AvgIpc) is 3.44. The molecule has 0 bridgehead atoms. The number of rotatable bonds is 4. The zero-order valence-corrected chi connectivity index (χ0v) is 20.5. The van der Waals surface area contributed by atoms with E-state index >= 15 is 0 Å². The van der Waals surface area contributed by atoms with Crippen LogP contribution in [0.4, 0.5) is 0 Å². The van der Waals surface area contributed by atoms with Crippen LogP contribution in [0.5, 0.6) is 0 Å². The van der Waals surface area contributed by atoms with E-state index in [-0.39, 0.29) is 24.8 Å². The molecule has 0 nitrogen and oxygen atoms in total. The van der Waals surface area contributed by atoms with Crippen LogP contribution in [0, 0.1) is 0 Å². The molecule has 0 saturated carbocycles. The van der Waals surface area contributed by atoms with E-state index in [2.05, 4.69) is 115 Å². The zero-order valence-electron chi connectivity index (χ0n) is 16.5. The molecular weight excluding hydrogens is 486 g/mol. The Morgan fingerprint density at radius 3 is 1.93 bits per heavy atom. The summed E-state index contributed by atoms with van der Waals surface area (Å²) in [7, 11) is 0. The quantitative estimate of drug-likeness (QED) is 0.482. The Morgan fingerprint density at radius 2 is 1.33 bits per heavy atom. The second-order valence-corrected chi connectivity index (χ2v) is 13.7. The van der Waals surface area contributed by atoms with Crippen molar-refractivity contribution >= 4 is 9.28 Å². The van der Waals surface area contributed by atoms with Crippen molar-refractivity contribution in [2.75, 3.05) is 0 Å². The predicted octanol–water partition coefficient (Wildman–Crippen LogP) is 0.494. The summed E-state index contributed by atoms with van der Waals surface area (Å²) in [5.74, 6) is 0. The van der Waals surface area contributed by atoms with Crippen LogP contribution in [0.1, 0.15) is 32.3 Å². The molecule has 0 saturated heterocycles. The monoisotopic (exact) mass is 506 g/mol. The summed E-state index contributed by atoms with van der Waals surface area (Å²) in [6.07, 6.45) is 12.9. The van der Waals surface area contributed by atoms with Gasteiger partial charge in [0, 0.05) is 0 Å². The molecule has 5 rings (SSSR count). The van der Waals surface area contributed by atoms with Gasteiger partial charge in [-0.15, -0.1) is 0 Å². The van der Waals surface area contributed by atoms with Gasteiger partial charge in [0.25, 0.3) is 0 Å². The van der Waals surface area contributed by atoms with Crippen molar-refractivity contribution in [1.29, 1.82) is 0 Å². The predicted molar refractivity (Wildman–Crippen MR) is 116 cm³/mol. The van der Waals surface area contributed by atoms with Crippen LogP contribution in [-0.4, -0.2) is 3.21 Å². The Morgan fingerprint density at radius 1 is 0.733 bits per heavy atom. The van der Waals surface area contributed by atoms with E-state index in [9.17, 15) is 0 Å². The molecule has 0 aromatic heterocycles. The molecule has 0 aliphatic heterocycles. The zero-order chi connectivity index (χ0) is 18.8. The molecule has 3 heteroatoms. The molecule has 2 aliphatic carbocycles. The molecule has 3 aromatic rings. The Bertz CT molecular complexity index is 1080. The van der Waals surface area contributed by atoms with E-state index in [1.165, 1.54) is 22.3 Å². The summed E-state index contributed by atoms with van der Waals surface area (Å²) in [5.41, 5.74) is 5.72. The summed E-state index contributed by atoms with van der Waals surface area (Å²) >= 11 is -2.28. The van der Waals surface area contributed by atoms with Crippen LogP contribution < -0.4 is 24.8 Å². The largest absolute Gasteiger partial charge is 1.00 e. The van der Waals surface area contributed by atoms with Crippen LogP contribution in [-0.2, 0) is 21.3 Å². The van der Waals surface area contributed by atoms with Gasteiger partial charge in [0.15, 0.2) is 0 Å². The third-order valence-electron chi connectivity index (χ3n) is 5.62. The fourth-order valence-electron chi connectivity index (χ4n) is 4.35. The molecule has 148 valence electrons. The Kier molecular flexibility index (Phi) is 8.01. The Hall–Kier alpha value is -1.79. The maximum absolute atomic E-state index is 2.49. The number of hydrogen-bond donors (Lipinski definition) is 0. The molecule has 1 unspecified atom stereocenters. The van der Waals surface area contributed by atoms with E-state index in [4.69, 9.17) is 0 Å². The first-order valence-corrected chi connectivity index (χ1v) is 13.8. The molecule has 0 fully saturated rings. The van der Waals surface area contributed by atoms with Gasteiger partial charge in [-0.2, -0.15) is 0 Å². The normalized spacial score (nSPS) is 15.3. The summed E-state index contributed by atoms with van der Waals surface area (Å²) in [6.45, 7) is 0. The molecule has 0 N–H and O–H groups in total. The fourth-order valence-corrected chi connectivity index (χ4v) is 12.9. The van der Waals surface area contributed by atoms with Crippen LogP contribution in [0.3, 0.4) is 0 Å². The van der Waals surface area contributed by atoms with Crippen molar-refractivity contribution in [3.05, 3.63) is 135 Å². The fraction of sp³-hybridized carbons (Fsp3) is 0.0741. The Balaban J connectivity index is 0.00000128.